The molecule has 6 heteroatoms. The van der Waals surface area contributed by atoms with Gasteiger partial charge in [0.1, 0.15) is 11.5 Å². The Hall–Kier alpha value is -1.43. The molecule has 6 nitrogen and oxygen atoms in total. The zero-order chi connectivity index (χ0) is 14.8. The van der Waals surface area contributed by atoms with E-state index in [1.165, 1.54) is 0 Å². The van der Waals surface area contributed by atoms with Crippen LogP contribution in [0.1, 0.15) is 58.4 Å². The average molecular weight is 282 g/mol. The van der Waals surface area contributed by atoms with Gasteiger partial charge in [-0.25, -0.2) is 0 Å². The Labute approximate surface area is 118 Å². The Kier molecular flexibility index (Phi) is 4.42. The fraction of sp³-hybridized carbons (Fsp3) is 0.786. The maximum atomic E-state index is 11.9. The van der Waals surface area contributed by atoms with Gasteiger partial charge in [-0.2, -0.15) is 4.98 Å². The molecule has 0 spiro atoms. The topological polar surface area (TPSA) is 74.5 Å². The van der Waals surface area contributed by atoms with E-state index in [0.717, 1.165) is 12.8 Å². The second kappa shape index (κ2) is 5.91. The minimum absolute atomic E-state index is 0.129. The Morgan fingerprint density at radius 3 is 2.65 bits per heavy atom. The lowest BCUT2D eigenvalue weighted by Crippen LogP contribution is -2.31. The third-order valence-electron chi connectivity index (χ3n) is 3.41. The molecule has 1 heterocycles. The predicted octanol–water partition coefficient (Wildman–Crippen LogP) is 2.40. The van der Waals surface area contributed by atoms with E-state index in [4.69, 9.17) is 14.0 Å². The van der Waals surface area contributed by atoms with Crippen LogP contribution >= 0.6 is 0 Å². The molecular weight excluding hydrogens is 260 g/mol. The van der Waals surface area contributed by atoms with Crippen LogP contribution in [0.15, 0.2) is 4.52 Å². The van der Waals surface area contributed by atoms with E-state index in [0.29, 0.717) is 25.0 Å². The summed E-state index contributed by atoms with van der Waals surface area (Å²) in [4.78, 5) is 16.3. The van der Waals surface area contributed by atoms with Crippen molar-refractivity contribution in [2.75, 3.05) is 13.2 Å². The standard InChI is InChI=1S/C14H22N2O4/c1-5-18-10(9-7-8-9)11-15-12(20-16-11)14(3,4)13(17)19-6-2/h9-10H,5-8H2,1-4H3. The van der Waals surface area contributed by atoms with Crippen molar-refractivity contribution in [3.05, 3.63) is 11.7 Å². The van der Waals surface area contributed by atoms with Crippen LogP contribution in [0.5, 0.6) is 0 Å². The molecule has 1 fully saturated rings. The Morgan fingerprint density at radius 2 is 2.10 bits per heavy atom. The first-order chi connectivity index (χ1) is 9.50. The van der Waals surface area contributed by atoms with Crippen LogP contribution in [0.4, 0.5) is 0 Å². The van der Waals surface area contributed by atoms with Gasteiger partial charge in [0, 0.05) is 6.61 Å². The minimum atomic E-state index is -0.943. The van der Waals surface area contributed by atoms with Gasteiger partial charge in [-0.1, -0.05) is 5.16 Å². The molecule has 0 radical (unpaired) electrons. The normalized spacial score (nSPS) is 17.0. The zero-order valence-corrected chi connectivity index (χ0v) is 12.5. The lowest BCUT2D eigenvalue weighted by atomic mass is 9.94. The van der Waals surface area contributed by atoms with Crippen molar-refractivity contribution in [2.24, 2.45) is 5.92 Å². The number of hydrogen-bond acceptors (Lipinski definition) is 6. The first kappa shape index (κ1) is 15.0. The molecule has 1 unspecified atom stereocenters. The molecule has 1 aliphatic carbocycles. The number of carbonyl (C=O) groups is 1. The Bertz CT molecular complexity index is 465. The molecule has 0 aromatic carbocycles. The highest BCUT2D eigenvalue weighted by Crippen LogP contribution is 2.42. The second-order valence-corrected chi connectivity index (χ2v) is 5.52. The molecule has 20 heavy (non-hydrogen) atoms. The van der Waals surface area contributed by atoms with E-state index in [9.17, 15) is 4.79 Å². The lowest BCUT2D eigenvalue weighted by Gasteiger charge is -2.17. The highest BCUT2D eigenvalue weighted by Gasteiger charge is 2.41. The van der Waals surface area contributed by atoms with Crippen molar-refractivity contribution in [1.82, 2.24) is 10.1 Å². The van der Waals surface area contributed by atoms with Gasteiger partial charge < -0.3 is 14.0 Å². The average Bonchev–Trinajstić information content (AvgIpc) is 3.12. The highest BCUT2D eigenvalue weighted by atomic mass is 16.5. The van der Waals surface area contributed by atoms with Gasteiger partial charge in [0.2, 0.25) is 11.7 Å². The van der Waals surface area contributed by atoms with Gasteiger partial charge in [0.25, 0.3) is 0 Å². The molecule has 1 aliphatic rings. The molecule has 1 atom stereocenters. The number of ether oxygens (including phenoxy) is 2. The van der Waals surface area contributed by atoms with Crippen molar-refractivity contribution >= 4 is 5.97 Å². The second-order valence-electron chi connectivity index (χ2n) is 5.52. The monoisotopic (exact) mass is 282 g/mol. The van der Waals surface area contributed by atoms with Crippen molar-refractivity contribution < 1.29 is 18.8 Å². The van der Waals surface area contributed by atoms with Crippen LogP contribution in [0.25, 0.3) is 0 Å². The molecule has 2 rings (SSSR count). The van der Waals surface area contributed by atoms with E-state index < -0.39 is 5.41 Å². The molecule has 0 saturated heterocycles. The largest absolute Gasteiger partial charge is 0.465 e. The van der Waals surface area contributed by atoms with Crippen molar-refractivity contribution in [3.8, 4) is 0 Å². The molecule has 112 valence electrons. The van der Waals surface area contributed by atoms with Crippen LogP contribution in [0.3, 0.4) is 0 Å². The smallest absolute Gasteiger partial charge is 0.321 e. The summed E-state index contributed by atoms with van der Waals surface area (Å²) in [5.41, 5.74) is -0.943. The van der Waals surface area contributed by atoms with E-state index in [1.54, 1.807) is 20.8 Å². The van der Waals surface area contributed by atoms with Crippen LogP contribution in [0, 0.1) is 5.92 Å². The molecule has 0 aliphatic heterocycles. The SMILES string of the molecule is CCOC(=O)C(C)(C)c1nc(C(OCC)C2CC2)no1. The van der Waals surface area contributed by atoms with Gasteiger partial charge in [-0.3, -0.25) is 4.79 Å². The van der Waals surface area contributed by atoms with Crippen LogP contribution in [0.2, 0.25) is 0 Å². The van der Waals surface area contributed by atoms with Gasteiger partial charge in [0.15, 0.2) is 0 Å². The quantitative estimate of drug-likeness (QED) is 0.715. The van der Waals surface area contributed by atoms with Crippen LogP contribution in [-0.2, 0) is 19.7 Å². The first-order valence-corrected chi connectivity index (χ1v) is 7.13. The fourth-order valence-electron chi connectivity index (χ4n) is 2.00. The maximum absolute atomic E-state index is 11.9. The molecule has 1 saturated carbocycles. The number of esters is 1. The Balaban J connectivity index is 2.16. The number of carbonyl (C=O) groups excluding carboxylic acids is 1. The summed E-state index contributed by atoms with van der Waals surface area (Å²) in [6, 6.07) is 0. The predicted molar refractivity (Wildman–Crippen MR) is 71.0 cm³/mol. The summed E-state index contributed by atoms with van der Waals surface area (Å²) in [5, 5.41) is 3.99. The van der Waals surface area contributed by atoms with Gasteiger partial charge in [0.05, 0.1) is 6.61 Å². The first-order valence-electron chi connectivity index (χ1n) is 7.13. The maximum Gasteiger partial charge on any atom is 0.321 e. The third kappa shape index (κ3) is 3.00. The van der Waals surface area contributed by atoms with Crippen molar-refractivity contribution in [3.63, 3.8) is 0 Å². The minimum Gasteiger partial charge on any atom is -0.465 e. The third-order valence-corrected chi connectivity index (χ3v) is 3.41. The summed E-state index contributed by atoms with van der Waals surface area (Å²) in [6.45, 7) is 8.08. The number of rotatable bonds is 7. The molecule has 0 amide bonds. The van der Waals surface area contributed by atoms with E-state index in [-0.39, 0.29) is 18.0 Å². The molecule has 1 aromatic heterocycles. The number of nitrogens with zero attached hydrogens (tertiary/aromatic N) is 2. The van der Waals surface area contributed by atoms with Gasteiger partial charge >= 0.3 is 5.97 Å². The summed E-state index contributed by atoms with van der Waals surface area (Å²) >= 11 is 0. The van der Waals surface area contributed by atoms with Gasteiger partial charge in [-0.05, 0) is 46.5 Å². The lowest BCUT2D eigenvalue weighted by molar-refractivity contribution is -0.149. The molecule has 0 N–H and O–H groups in total. The van der Waals surface area contributed by atoms with E-state index in [1.807, 2.05) is 6.92 Å². The summed E-state index contributed by atoms with van der Waals surface area (Å²) in [7, 11) is 0. The summed E-state index contributed by atoms with van der Waals surface area (Å²) in [5.74, 6) is 0.902. The molecule has 0 bridgehead atoms. The summed E-state index contributed by atoms with van der Waals surface area (Å²) < 4.78 is 16.0. The van der Waals surface area contributed by atoms with Crippen LogP contribution in [-0.4, -0.2) is 29.3 Å². The van der Waals surface area contributed by atoms with Crippen molar-refractivity contribution in [1.29, 1.82) is 0 Å². The van der Waals surface area contributed by atoms with E-state index >= 15 is 0 Å². The summed E-state index contributed by atoms with van der Waals surface area (Å²) in [6.07, 6.45) is 2.11. The fourth-order valence-corrected chi connectivity index (χ4v) is 2.00. The van der Waals surface area contributed by atoms with Gasteiger partial charge in [-0.15, -0.1) is 0 Å². The zero-order valence-electron chi connectivity index (χ0n) is 12.5. The van der Waals surface area contributed by atoms with Crippen molar-refractivity contribution in [2.45, 2.75) is 52.1 Å². The number of hydrogen-bond donors (Lipinski definition) is 0. The molecule has 1 aromatic rings. The highest BCUT2D eigenvalue weighted by molar-refractivity contribution is 5.80. The molecular formula is C14H22N2O4. The Morgan fingerprint density at radius 1 is 1.40 bits per heavy atom. The van der Waals surface area contributed by atoms with E-state index in [2.05, 4.69) is 10.1 Å². The number of aromatic nitrogens is 2. The van der Waals surface area contributed by atoms with Crippen LogP contribution < -0.4 is 0 Å².